The molecular weight excluding hydrogens is 460 g/mol. The molecule has 0 bridgehead atoms. The van der Waals surface area contributed by atoms with Gasteiger partial charge < -0.3 is 9.84 Å². The van der Waals surface area contributed by atoms with Crippen molar-refractivity contribution >= 4 is 10.9 Å². The molecule has 36 heavy (non-hydrogen) atoms. The van der Waals surface area contributed by atoms with E-state index in [4.69, 9.17) is 10.00 Å². The molecule has 0 amide bonds. The van der Waals surface area contributed by atoms with Gasteiger partial charge in [-0.05, 0) is 79.6 Å². The van der Waals surface area contributed by atoms with Crippen LogP contribution in [0.3, 0.4) is 0 Å². The maximum absolute atomic E-state index is 15.4. The SMILES string of the molecule is COc1ccc2nccc([C@H](F)CC[C@@H]3CCN(CC#Cc4cccc(F)c4C#N)C[C@@H]3CO)c2c1. The minimum atomic E-state index is -1.13. The number of hydrogen-bond donors (Lipinski definition) is 1. The van der Waals surface area contributed by atoms with Crippen LogP contribution in [0.15, 0.2) is 48.7 Å². The minimum absolute atomic E-state index is 0.0312. The van der Waals surface area contributed by atoms with E-state index in [1.54, 1.807) is 25.4 Å². The van der Waals surface area contributed by atoms with Gasteiger partial charge in [0.15, 0.2) is 0 Å². The summed E-state index contributed by atoms with van der Waals surface area (Å²) in [5.41, 5.74) is 1.68. The van der Waals surface area contributed by atoms with Crippen LogP contribution in [-0.2, 0) is 0 Å². The molecule has 2 heterocycles. The molecule has 0 saturated carbocycles. The second-order valence-electron chi connectivity index (χ2n) is 9.13. The molecule has 1 saturated heterocycles. The molecule has 0 unspecified atom stereocenters. The fourth-order valence-electron chi connectivity index (χ4n) is 4.94. The molecule has 1 N–H and O–H groups in total. The first kappa shape index (κ1) is 25.6. The standard InChI is InChI=1S/C29H29F2N3O2/c1-36-23-8-10-29-25(16-23)24(11-13-33-29)28(31)9-7-20-12-15-34(18-22(20)19-35)14-3-5-21-4-2-6-27(30)26(21)17-32/h2,4,6,8,10-11,13,16,20,22,28,35H,7,9,12,14-15,18-19H2,1H3/t20-,22-,28-/m1/s1. The van der Waals surface area contributed by atoms with Crippen molar-refractivity contribution in [1.29, 1.82) is 5.26 Å². The van der Waals surface area contributed by atoms with Gasteiger partial charge in [0, 0.05) is 30.3 Å². The van der Waals surface area contributed by atoms with E-state index in [2.05, 4.69) is 21.7 Å². The van der Waals surface area contributed by atoms with Crippen molar-refractivity contribution in [3.63, 3.8) is 0 Å². The molecule has 5 nitrogen and oxygen atoms in total. The summed E-state index contributed by atoms with van der Waals surface area (Å²) in [5, 5.41) is 19.9. The molecule has 0 aliphatic carbocycles. The van der Waals surface area contributed by atoms with Crippen LogP contribution in [0.25, 0.3) is 10.9 Å². The van der Waals surface area contributed by atoms with Gasteiger partial charge in [-0.25, -0.2) is 8.78 Å². The number of aliphatic hydroxyl groups excluding tert-OH is 1. The molecule has 0 radical (unpaired) electrons. The van der Waals surface area contributed by atoms with Crippen LogP contribution < -0.4 is 4.74 Å². The monoisotopic (exact) mass is 489 g/mol. The van der Waals surface area contributed by atoms with E-state index in [0.29, 0.717) is 42.8 Å². The number of aliphatic hydroxyl groups is 1. The van der Waals surface area contributed by atoms with E-state index in [1.807, 2.05) is 24.3 Å². The minimum Gasteiger partial charge on any atom is -0.497 e. The predicted octanol–water partition coefficient (Wildman–Crippen LogP) is 5.03. The number of aromatic nitrogens is 1. The van der Waals surface area contributed by atoms with E-state index < -0.39 is 12.0 Å². The average Bonchev–Trinajstić information content (AvgIpc) is 2.91. The quantitative estimate of drug-likeness (QED) is 0.472. The zero-order valence-corrected chi connectivity index (χ0v) is 20.3. The van der Waals surface area contributed by atoms with Gasteiger partial charge in [-0.3, -0.25) is 9.88 Å². The summed E-state index contributed by atoms with van der Waals surface area (Å²) >= 11 is 0. The van der Waals surface area contributed by atoms with E-state index in [9.17, 15) is 9.50 Å². The molecule has 1 aliphatic rings. The van der Waals surface area contributed by atoms with Crippen LogP contribution in [0.4, 0.5) is 8.78 Å². The Labute approximate surface area is 210 Å². The fourth-order valence-corrected chi connectivity index (χ4v) is 4.94. The lowest BCUT2D eigenvalue weighted by Crippen LogP contribution is -2.42. The zero-order chi connectivity index (χ0) is 25.5. The molecule has 0 spiro atoms. The van der Waals surface area contributed by atoms with Crippen molar-refractivity contribution in [3.05, 3.63) is 71.2 Å². The van der Waals surface area contributed by atoms with Crippen molar-refractivity contribution in [1.82, 2.24) is 9.88 Å². The number of benzene rings is 2. The maximum atomic E-state index is 15.4. The molecule has 7 heteroatoms. The molecule has 186 valence electrons. The number of methoxy groups -OCH3 is 1. The molecule has 2 aromatic carbocycles. The van der Waals surface area contributed by atoms with Crippen molar-refractivity contribution < 1.29 is 18.6 Å². The van der Waals surface area contributed by atoms with Gasteiger partial charge in [0.1, 0.15) is 29.4 Å². The summed E-state index contributed by atoms with van der Waals surface area (Å²) in [5.74, 6) is 6.27. The highest BCUT2D eigenvalue weighted by molar-refractivity contribution is 5.83. The largest absolute Gasteiger partial charge is 0.497 e. The van der Waals surface area contributed by atoms with E-state index >= 15 is 4.39 Å². The Morgan fingerprint density at radius 1 is 1.25 bits per heavy atom. The number of alkyl halides is 1. The van der Waals surface area contributed by atoms with Gasteiger partial charge in [0.2, 0.25) is 0 Å². The van der Waals surface area contributed by atoms with Crippen molar-refractivity contribution in [2.75, 3.05) is 33.4 Å². The van der Waals surface area contributed by atoms with Crippen LogP contribution in [0.5, 0.6) is 5.75 Å². The number of ether oxygens (including phenoxy) is 1. The number of piperidine rings is 1. The number of nitriles is 1. The van der Waals surface area contributed by atoms with Gasteiger partial charge in [0.05, 0.1) is 19.2 Å². The third-order valence-electron chi connectivity index (χ3n) is 6.97. The Kier molecular flexibility index (Phi) is 8.48. The molecule has 3 atom stereocenters. The zero-order valence-electron chi connectivity index (χ0n) is 20.3. The highest BCUT2D eigenvalue weighted by atomic mass is 19.1. The Morgan fingerprint density at radius 3 is 2.89 bits per heavy atom. The van der Waals surface area contributed by atoms with Crippen molar-refractivity contribution in [2.24, 2.45) is 11.8 Å². The smallest absolute Gasteiger partial charge is 0.142 e. The number of fused-ring (bicyclic) bond motifs is 1. The highest BCUT2D eigenvalue weighted by Gasteiger charge is 2.29. The summed E-state index contributed by atoms with van der Waals surface area (Å²) in [7, 11) is 1.59. The number of nitrogens with zero attached hydrogens (tertiary/aromatic N) is 3. The number of rotatable bonds is 7. The molecule has 4 rings (SSSR count). The summed E-state index contributed by atoms with van der Waals surface area (Å²) in [6.07, 6.45) is 2.39. The first-order chi connectivity index (χ1) is 17.5. The van der Waals surface area contributed by atoms with Crippen LogP contribution in [-0.4, -0.2) is 48.3 Å². The van der Waals surface area contributed by atoms with Crippen LogP contribution in [0.1, 0.15) is 42.1 Å². The Balaban J connectivity index is 1.35. The van der Waals surface area contributed by atoms with Gasteiger partial charge in [-0.15, -0.1) is 0 Å². The van der Waals surface area contributed by atoms with Gasteiger partial charge in [0.25, 0.3) is 0 Å². The normalized spacial score (nSPS) is 18.8. The summed E-state index contributed by atoms with van der Waals surface area (Å²) in [6, 6.07) is 13.5. The number of pyridine rings is 1. The molecule has 1 aliphatic heterocycles. The van der Waals surface area contributed by atoms with Gasteiger partial charge in [-0.2, -0.15) is 5.26 Å². The number of hydrogen-bond acceptors (Lipinski definition) is 5. The van der Waals surface area contributed by atoms with Crippen molar-refractivity contribution in [3.8, 4) is 23.7 Å². The lowest BCUT2D eigenvalue weighted by molar-refractivity contribution is 0.0708. The van der Waals surface area contributed by atoms with Crippen LogP contribution >= 0.6 is 0 Å². The molecular formula is C29H29F2N3O2. The lowest BCUT2D eigenvalue weighted by atomic mass is 9.81. The number of likely N-dealkylation sites (tertiary alicyclic amines) is 1. The second kappa shape index (κ2) is 11.9. The maximum Gasteiger partial charge on any atom is 0.142 e. The topological polar surface area (TPSA) is 69.4 Å². The fraction of sp³-hybridized carbons (Fsp3) is 0.379. The van der Waals surface area contributed by atoms with E-state index in [-0.39, 0.29) is 24.0 Å². The Bertz CT molecular complexity index is 1310. The summed E-state index contributed by atoms with van der Waals surface area (Å²) in [4.78, 5) is 6.48. The molecule has 1 fully saturated rings. The Hall–Kier alpha value is -3.52. The first-order valence-electron chi connectivity index (χ1n) is 12.1. The van der Waals surface area contributed by atoms with E-state index in [0.717, 1.165) is 23.9 Å². The average molecular weight is 490 g/mol. The molecule has 1 aromatic heterocycles. The second-order valence-corrected chi connectivity index (χ2v) is 9.13. The van der Waals surface area contributed by atoms with Crippen LogP contribution in [0, 0.1) is 40.8 Å². The third kappa shape index (κ3) is 5.82. The third-order valence-corrected chi connectivity index (χ3v) is 6.97. The summed E-state index contributed by atoms with van der Waals surface area (Å²) < 4.78 is 34.4. The van der Waals surface area contributed by atoms with Gasteiger partial charge in [-0.1, -0.05) is 17.9 Å². The predicted molar refractivity (Wildman–Crippen MR) is 134 cm³/mol. The number of halogens is 2. The summed E-state index contributed by atoms with van der Waals surface area (Å²) in [6.45, 7) is 1.94. The lowest BCUT2D eigenvalue weighted by Gasteiger charge is -2.37. The van der Waals surface area contributed by atoms with Crippen molar-refractivity contribution in [2.45, 2.75) is 25.4 Å². The van der Waals surface area contributed by atoms with E-state index in [1.165, 1.54) is 12.1 Å². The highest BCUT2D eigenvalue weighted by Crippen LogP contribution is 2.35. The Morgan fingerprint density at radius 2 is 2.11 bits per heavy atom. The molecule has 3 aromatic rings. The van der Waals surface area contributed by atoms with Crippen LogP contribution in [0.2, 0.25) is 0 Å². The van der Waals surface area contributed by atoms with Gasteiger partial charge >= 0.3 is 0 Å². The first-order valence-corrected chi connectivity index (χ1v) is 12.1.